The zero-order chi connectivity index (χ0) is 14.6. The van der Waals surface area contributed by atoms with Crippen molar-refractivity contribution in [2.24, 2.45) is 0 Å². The molecule has 6 nitrogen and oxygen atoms in total. The van der Waals surface area contributed by atoms with Gasteiger partial charge in [-0.3, -0.25) is 4.79 Å². The van der Waals surface area contributed by atoms with E-state index in [1.54, 1.807) is 12.0 Å². The number of ether oxygens (including phenoxy) is 4. The van der Waals surface area contributed by atoms with Gasteiger partial charge in [0, 0.05) is 5.69 Å². The van der Waals surface area contributed by atoms with E-state index in [9.17, 15) is 4.79 Å². The van der Waals surface area contributed by atoms with Crippen LogP contribution < -0.4 is 9.64 Å². The Balaban J connectivity index is 1.63. The fraction of sp³-hybridized carbons (Fsp3) is 0.533. The topological polar surface area (TPSA) is 57.2 Å². The smallest absolute Gasteiger partial charge is 0.258 e. The number of fused-ring (bicyclic) bond motifs is 4. The first-order valence-corrected chi connectivity index (χ1v) is 7.02. The molecule has 0 aromatic heterocycles. The Morgan fingerprint density at radius 1 is 1.33 bits per heavy atom. The van der Waals surface area contributed by atoms with Gasteiger partial charge in [-0.05, 0) is 31.2 Å². The minimum Gasteiger partial charge on any atom is -0.497 e. The molecule has 1 aromatic carbocycles. The second-order valence-electron chi connectivity index (χ2n) is 5.73. The predicted molar refractivity (Wildman–Crippen MR) is 73.2 cm³/mol. The number of hydrogen-bond acceptors (Lipinski definition) is 5. The normalized spacial score (nSPS) is 37.7. The van der Waals surface area contributed by atoms with Gasteiger partial charge in [-0.25, -0.2) is 0 Å². The molecule has 3 saturated heterocycles. The molecule has 0 spiro atoms. The highest BCUT2D eigenvalue weighted by Crippen LogP contribution is 2.41. The third-order valence-corrected chi connectivity index (χ3v) is 4.30. The lowest BCUT2D eigenvalue weighted by molar-refractivity contribution is -0.182. The average molecular weight is 291 g/mol. The van der Waals surface area contributed by atoms with Crippen LogP contribution in [0.2, 0.25) is 0 Å². The Morgan fingerprint density at radius 3 is 2.81 bits per heavy atom. The van der Waals surface area contributed by atoms with E-state index in [1.165, 1.54) is 0 Å². The summed E-state index contributed by atoms with van der Waals surface area (Å²) in [5.41, 5.74) is 0.824. The van der Waals surface area contributed by atoms with Gasteiger partial charge in [0.1, 0.15) is 24.5 Å². The Morgan fingerprint density at radius 2 is 2.10 bits per heavy atom. The van der Waals surface area contributed by atoms with E-state index in [2.05, 4.69) is 0 Å². The van der Waals surface area contributed by atoms with Crippen molar-refractivity contribution in [2.75, 3.05) is 25.2 Å². The van der Waals surface area contributed by atoms with Gasteiger partial charge >= 0.3 is 0 Å². The molecule has 3 heterocycles. The quantitative estimate of drug-likeness (QED) is 0.759. The summed E-state index contributed by atoms with van der Waals surface area (Å²) in [4.78, 5) is 14.1. The molecule has 4 rings (SSSR count). The van der Waals surface area contributed by atoms with Crippen molar-refractivity contribution < 1.29 is 23.7 Å². The number of nitrogens with zero attached hydrogens (tertiary/aromatic N) is 1. The summed E-state index contributed by atoms with van der Waals surface area (Å²) in [6.07, 6.45) is -0.579. The molecule has 3 fully saturated rings. The molecular weight excluding hydrogens is 274 g/mol. The molecule has 0 N–H and O–H groups in total. The number of benzene rings is 1. The van der Waals surface area contributed by atoms with Crippen molar-refractivity contribution in [3.63, 3.8) is 0 Å². The van der Waals surface area contributed by atoms with Crippen molar-refractivity contribution in [3.8, 4) is 5.75 Å². The van der Waals surface area contributed by atoms with Gasteiger partial charge in [0.05, 0.1) is 13.7 Å². The number of carbonyl (C=O) groups is 1. The van der Waals surface area contributed by atoms with Crippen LogP contribution in [0, 0.1) is 0 Å². The monoisotopic (exact) mass is 291 g/mol. The van der Waals surface area contributed by atoms with Crippen LogP contribution in [0.5, 0.6) is 5.75 Å². The largest absolute Gasteiger partial charge is 0.497 e. The zero-order valence-corrected chi connectivity index (χ0v) is 11.9. The Labute approximate surface area is 122 Å². The highest BCUT2D eigenvalue weighted by molar-refractivity contribution is 6.05. The fourth-order valence-corrected chi connectivity index (χ4v) is 3.19. The molecular formula is C15H17NO5. The van der Waals surface area contributed by atoms with Crippen LogP contribution in [0.3, 0.4) is 0 Å². The lowest BCUT2D eigenvalue weighted by Gasteiger charge is -2.47. The van der Waals surface area contributed by atoms with Crippen molar-refractivity contribution in [3.05, 3.63) is 24.3 Å². The van der Waals surface area contributed by atoms with Gasteiger partial charge in [-0.1, -0.05) is 0 Å². The van der Waals surface area contributed by atoms with Crippen LogP contribution in [-0.2, 0) is 19.0 Å². The summed E-state index contributed by atoms with van der Waals surface area (Å²) in [6.45, 7) is 2.62. The molecule has 112 valence electrons. The van der Waals surface area contributed by atoms with Crippen molar-refractivity contribution in [1.29, 1.82) is 0 Å². The first kappa shape index (κ1) is 13.1. The fourth-order valence-electron chi connectivity index (χ4n) is 3.19. The Hall–Kier alpha value is -1.63. The number of hydrogen-bond donors (Lipinski definition) is 0. The van der Waals surface area contributed by atoms with Crippen molar-refractivity contribution >= 4 is 11.6 Å². The Bertz CT molecular complexity index is 574. The SMILES string of the molecule is COc1ccc(N2C(=O)[C@@H]3OC[C@]4(C)OC[C@@H](O4)[C@@H]32)cc1. The van der Waals surface area contributed by atoms with E-state index in [0.717, 1.165) is 11.4 Å². The van der Waals surface area contributed by atoms with Gasteiger partial charge in [0.2, 0.25) is 0 Å². The zero-order valence-electron chi connectivity index (χ0n) is 11.9. The molecule has 0 unspecified atom stereocenters. The number of methoxy groups -OCH3 is 1. The van der Waals surface area contributed by atoms with Crippen LogP contribution in [-0.4, -0.2) is 50.3 Å². The van der Waals surface area contributed by atoms with Crippen molar-refractivity contribution in [1.82, 2.24) is 0 Å². The first-order chi connectivity index (χ1) is 10.1. The molecule has 0 aliphatic carbocycles. The maximum absolute atomic E-state index is 12.4. The van der Waals surface area contributed by atoms with E-state index in [0.29, 0.717) is 6.61 Å². The van der Waals surface area contributed by atoms with Gasteiger partial charge in [0.25, 0.3) is 5.91 Å². The summed E-state index contributed by atoms with van der Waals surface area (Å²) in [5, 5.41) is 0. The second-order valence-corrected chi connectivity index (χ2v) is 5.73. The number of anilines is 1. The van der Waals surface area contributed by atoms with E-state index in [1.807, 2.05) is 31.2 Å². The highest BCUT2D eigenvalue weighted by atomic mass is 16.8. The average Bonchev–Trinajstić information content (AvgIpc) is 2.80. The maximum Gasteiger partial charge on any atom is 0.258 e. The summed E-state index contributed by atoms with van der Waals surface area (Å²) in [6, 6.07) is 7.28. The van der Waals surface area contributed by atoms with Crippen LogP contribution in [0.4, 0.5) is 5.69 Å². The van der Waals surface area contributed by atoms with Gasteiger partial charge in [-0.15, -0.1) is 0 Å². The molecule has 0 radical (unpaired) electrons. The number of carbonyl (C=O) groups excluding carboxylic acids is 1. The molecule has 6 heteroatoms. The van der Waals surface area contributed by atoms with Gasteiger partial charge in [-0.2, -0.15) is 0 Å². The summed E-state index contributed by atoms with van der Waals surface area (Å²) in [5.74, 6) is 0.00626. The summed E-state index contributed by atoms with van der Waals surface area (Å²) >= 11 is 0. The number of β-lactam (4-membered cyclic amide) rings is 1. The minimum absolute atomic E-state index is 0.0232. The maximum atomic E-state index is 12.4. The highest BCUT2D eigenvalue weighted by Gasteiger charge is 2.59. The third-order valence-electron chi connectivity index (χ3n) is 4.30. The molecule has 2 bridgehead atoms. The van der Waals surface area contributed by atoms with Crippen LogP contribution in [0.1, 0.15) is 6.92 Å². The second kappa shape index (κ2) is 4.43. The van der Waals surface area contributed by atoms with E-state index < -0.39 is 11.9 Å². The van der Waals surface area contributed by atoms with Gasteiger partial charge < -0.3 is 23.8 Å². The number of rotatable bonds is 2. The lowest BCUT2D eigenvalue weighted by Crippen LogP contribution is -2.70. The van der Waals surface area contributed by atoms with Crippen molar-refractivity contribution in [2.45, 2.75) is 31.0 Å². The molecule has 4 atom stereocenters. The molecule has 1 aromatic rings. The molecule has 3 aliphatic heterocycles. The first-order valence-electron chi connectivity index (χ1n) is 7.02. The summed E-state index contributed by atoms with van der Waals surface area (Å²) in [7, 11) is 1.61. The predicted octanol–water partition coefficient (Wildman–Crippen LogP) is 0.941. The van der Waals surface area contributed by atoms with Crippen LogP contribution in [0.15, 0.2) is 24.3 Å². The standard InChI is InChI=1S/C15H17NO5/c1-15-8-19-13-12(11(21-15)7-20-15)16(14(13)17)9-3-5-10(18-2)6-4-9/h3-6,11-13H,7-8H2,1-2H3/t11-,12+,13-,15-/m1/s1. The number of amides is 1. The molecule has 0 saturated carbocycles. The minimum atomic E-state index is -0.728. The van der Waals surface area contributed by atoms with E-state index in [4.69, 9.17) is 18.9 Å². The lowest BCUT2D eigenvalue weighted by atomic mass is 9.91. The molecule has 3 aliphatic rings. The van der Waals surface area contributed by atoms with E-state index in [-0.39, 0.29) is 24.7 Å². The van der Waals surface area contributed by atoms with E-state index >= 15 is 0 Å². The molecule has 1 amide bonds. The van der Waals surface area contributed by atoms with Crippen LogP contribution >= 0.6 is 0 Å². The van der Waals surface area contributed by atoms with Gasteiger partial charge in [0.15, 0.2) is 11.9 Å². The Kier molecular flexibility index (Phi) is 2.76. The molecule has 21 heavy (non-hydrogen) atoms. The summed E-state index contributed by atoms with van der Waals surface area (Å²) < 4.78 is 22.4. The van der Waals surface area contributed by atoms with Crippen LogP contribution in [0.25, 0.3) is 0 Å². The third kappa shape index (κ3) is 1.87.